The van der Waals surface area contributed by atoms with Crippen LogP contribution < -0.4 is 4.74 Å². The summed E-state index contributed by atoms with van der Waals surface area (Å²) < 4.78 is 27.7. The van der Waals surface area contributed by atoms with Gasteiger partial charge in [-0.25, -0.2) is 19.2 Å². The van der Waals surface area contributed by atoms with Gasteiger partial charge in [-0.05, 0) is 47.9 Å². The van der Waals surface area contributed by atoms with Gasteiger partial charge in [0, 0.05) is 29.1 Å². The number of nitrogens with zero attached hydrogens (tertiary/aromatic N) is 4. The third-order valence-corrected chi connectivity index (χ3v) is 4.90. The highest BCUT2D eigenvalue weighted by Gasteiger charge is 2.19. The highest BCUT2D eigenvalue weighted by molar-refractivity contribution is 7.08. The standard InChI is InChI=1S/C21H15FN4O3S/c1-28-17-7-5-14(6-8-17)18-19(30-26-25-18)21(27)29-12-13-10-23-20(24-11-13)15-3-2-4-16(22)9-15/h2-11H,12H2,1H3. The van der Waals surface area contributed by atoms with Crippen molar-refractivity contribution < 1.29 is 18.7 Å². The number of methoxy groups -OCH3 is 1. The predicted octanol–water partition coefficient (Wildman–Crippen LogP) is 4.17. The van der Waals surface area contributed by atoms with Crippen molar-refractivity contribution in [2.24, 2.45) is 0 Å². The SMILES string of the molecule is COc1ccc(-c2nnsc2C(=O)OCc2cnc(-c3cccc(F)c3)nc2)cc1. The number of benzene rings is 2. The summed E-state index contributed by atoms with van der Waals surface area (Å²) in [6.45, 7) is -0.0117. The molecule has 2 heterocycles. The average molecular weight is 422 g/mol. The smallest absolute Gasteiger partial charge is 0.352 e. The zero-order valence-electron chi connectivity index (χ0n) is 15.8. The van der Waals surface area contributed by atoms with Crippen LogP contribution in [0.2, 0.25) is 0 Å². The summed E-state index contributed by atoms with van der Waals surface area (Å²) >= 11 is 0.965. The van der Waals surface area contributed by atoms with Crippen LogP contribution in [0.3, 0.4) is 0 Å². The molecule has 9 heteroatoms. The van der Waals surface area contributed by atoms with Gasteiger partial charge in [0.1, 0.15) is 23.9 Å². The molecule has 0 saturated heterocycles. The molecule has 0 saturated carbocycles. The number of hydrogen-bond donors (Lipinski definition) is 0. The minimum absolute atomic E-state index is 0.0117. The molecule has 0 atom stereocenters. The molecule has 0 amide bonds. The van der Waals surface area contributed by atoms with E-state index in [0.29, 0.717) is 33.3 Å². The van der Waals surface area contributed by atoms with Gasteiger partial charge in [0.05, 0.1) is 7.11 Å². The second-order valence-corrected chi connectivity index (χ2v) is 6.93. The molecule has 0 spiro atoms. The normalized spacial score (nSPS) is 10.6. The molecule has 0 aliphatic heterocycles. The van der Waals surface area contributed by atoms with Gasteiger partial charge in [0.25, 0.3) is 0 Å². The van der Waals surface area contributed by atoms with E-state index in [2.05, 4.69) is 19.6 Å². The van der Waals surface area contributed by atoms with Gasteiger partial charge in [0.15, 0.2) is 10.7 Å². The Morgan fingerprint density at radius 3 is 2.53 bits per heavy atom. The van der Waals surface area contributed by atoms with Crippen molar-refractivity contribution in [1.29, 1.82) is 0 Å². The molecule has 150 valence electrons. The van der Waals surface area contributed by atoms with Crippen molar-refractivity contribution in [2.45, 2.75) is 6.61 Å². The van der Waals surface area contributed by atoms with E-state index >= 15 is 0 Å². The molecule has 0 unspecified atom stereocenters. The molecule has 0 aliphatic rings. The van der Waals surface area contributed by atoms with Gasteiger partial charge in [0.2, 0.25) is 0 Å². The Kier molecular flexibility index (Phi) is 5.71. The molecule has 0 bridgehead atoms. The summed E-state index contributed by atoms with van der Waals surface area (Å²) in [6.07, 6.45) is 3.08. The molecule has 2 aromatic carbocycles. The average Bonchev–Trinajstić information content (AvgIpc) is 3.28. The van der Waals surface area contributed by atoms with Crippen LogP contribution in [0.1, 0.15) is 15.2 Å². The lowest BCUT2D eigenvalue weighted by Crippen LogP contribution is -2.05. The summed E-state index contributed by atoms with van der Waals surface area (Å²) in [5.74, 6) is 0.191. The molecule has 0 aliphatic carbocycles. The van der Waals surface area contributed by atoms with Gasteiger partial charge < -0.3 is 9.47 Å². The summed E-state index contributed by atoms with van der Waals surface area (Å²) in [4.78, 5) is 21.2. The molecule has 7 nitrogen and oxygen atoms in total. The van der Waals surface area contributed by atoms with Gasteiger partial charge in [-0.15, -0.1) is 5.10 Å². The maximum Gasteiger partial charge on any atom is 0.352 e. The van der Waals surface area contributed by atoms with E-state index in [-0.39, 0.29) is 12.4 Å². The highest BCUT2D eigenvalue weighted by atomic mass is 32.1. The maximum absolute atomic E-state index is 13.3. The minimum atomic E-state index is -0.537. The van der Waals surface area contributed by atoms with Crippen LogP contribution in [0.4, 0.5) is 4.39 Å². The Morgan fingerprint density at radius 2 is 1.83 bits per heavy atom. The van der Waals surface area contributed by atoms with Gasteiger partial charge in [-0.3, -0.25) is 0 Å². The van der Waals surface area contributed by atoms with E-state index < -0.39 is 5.97 Å². The first-order valence-corrected chi connectivity index (χ1v) is 9.62. The fourth-order valence-corrected chi connectivity index (χ4v) is 3.27. The lowest BCUT2D eigenvalue weighted by Gasteiger charge is -2.06. The highest BCUT2D eigenvalue weighted by Crippen LogP contribution is 2.26. The number of ether oxygens (including phenoxy) is 2. The predicted molar refractivity (Wildman–Crippen MR) is 108 cm³/mol. The number of carbonyl (C=O) groups excluding carboxylic acids is 1. The monoisotopic (exact) mass is 422 g/mol. The number of carbonyl (C=O) groups is 1. The molecule has 4 aromatic rings. The molecule has 0 fully saturated rings. The minimum Gasteiger partial charge on any atom is -0.497 e. The van der Waals surface area contributed by atoms with Crippen LogP contribution in [0, 0.1) is 5.82 Å². The Labute approximate surface area is 175 Å². The van der Waals surface area contributed by atoms with E-state index in [4.69, 9.17) is 9.47 Å². The first-order chi connectivity index (χ1) is 14.6. The molecule has 2 aromatic heterocycles. The van der Waals surface area contributed by atoms with Crippen molar-refractivity contribution in [1.82, 2.24) is 19.6 Å². The summed E-state index contributed by atoms with van der Waals surface area (Å²) in [5, 5.41) is 4.04. The van der Waals surface area contributed by atoms with E-state index in [1.807, 2.05) is 0 Å². The fourth-order valence-electron chi connectivity index (χ4n) is 2.68. The largest absolute Gasteiger partial charge is 0.497 e. The first kappa shape index (κ1) is 19.6. The summed E-state index contributed by atoms with van der Waals surface area (Å²) in [7, 11) is 1.58. The third kappa shape index (κ3) is 4.31. The van der Waals surface area contributed by atoms with Gasteiger partial charge >= 0.3 is 5.97 Å². The zero-order chi connectivity index (χ0) is 20.9. The zero-order valence-corrected chi connectivity index (χ0v) is 16.6. The summed E-state index contributed by atoms with van der Waals surface area (Å²) in [6, 6.07) is 13.2. The van der Waals surface area contributed by atoms with E-state index in [0.717, 1.165) is 17.1 Å². The molecule has 4 rings (SSSR count). The molecule has 0 radical (unpaired) electrons. The third-order valence-electron chi connectivity index (χ3n) is 4.19. The van der Waals surface area contributed by atoms with Crippen LogP contribution in [-0.2, 0) is 11.3 Å². The van der Waals surface area contributed by atoms with E-state index in [1.165, 1.54) is 24.5 Å². The molecule has 30 heavy (non-hydrogen) atoms. The second-order valence-electron chi connectivity index (χ2n) is 6.18. The second kappa shape index (κ2) is 8.75. The topological polar surface area (TPSA) is 87.1 Å². The van der Waals surface area contributed by atoms with Crippen LogP contribution in [0.5, 0.6) is 5.75 Å². The van der Waals surface area contributed by atoms with Crippen LogP contribution in [-0.4, -0.2) is 32.6 Å². The van der Waals surface area contributed by atoms with Crippen LogP contribution in [0.25, 0.3) is 22.6 Å². The number of aromatic nitrogens is 4. The lowest BCUT2D eigenvalue weighted by atomic mass is 10.1. The molecular formula is C21H15FN4O3S. The van der Waals surface area contributed by atoms with Crippen molar-refractivity contribution in [3.63, 3.8) is 0 Å². The Bertz CT molecular complexity index is 1160. The number of esters is 1. The van der Waals surface area contributed by atoms with Gasteiger partial charge in [-0.1, -0.05) is 16.6 Å². The van der Waals surface area contributed by atoms with Gasteiger partial charge in [-0.2, -0.15) is 0 Å². The van der Waals surface area contributed by atoms with E-state index in [1.54, 1.807) is 43.5 Å². The first-order valence-electron chi connectivity index (χ1n) is 8.85. The summed E-state index contributed by atoms with van der Waals surface area (Å²) in [5.41, 5.74) is 2.36. The maximum atomic E-state index is 13.3. The van der Waals surface area contributed by atoms with Crippen molar-refractivity contribution in [3.05, 3.63) is 77.2 Å². The quantitative estimate of drug-likeness (QED) is 0.431. The van der Waals surface area contributed by atoms with Crippen molar-refractivity contribution in [2.75, 3.05) is 7.11 Å². The number of halogens is 1. The Hall–Kier alpha value is -3.72. The van der Waals surface area contributed by atoms with E-state index in [9.17, 15) is 9.18 Å². The molecule has 0 N–H and O–H groups in total. The van der Waals surface area contributed by atoms with Crippen molar-refractivity contribution in [3.8, 4) is 28.4 Å². The number of rotatable bonds is 6. The lowest BCUT2D eigenvalue weighted by molar-refractivity contribution is 0.0478. The fraction of sp³-hybridized carbons (Fsp3) is 0.0952. The van der Waals surface area contributed by atoms with Crippen LogP contribution in [0.15, 0.2) is 60.9 Å². The Morgan fingerprint density at radius 1 is 1.07 bits per heavy atom. The van der Waals surface area contributed by atoms with Crippen LogP contribution >= 0.6 is 11.5 Å². The number of hydrogen-bond acceptors (Lipinski definition) is 8. The Balaban J connectivity index is 1.43. The molecular weight excluding hydrogens is 407 g/mol. The van der Waals surface area contributed by atoms with Crippen molar-refractivity contribution >= 4 is 17.5 Å².